The van der Waals surface area contributed by atoms with Crippen LogP contribution in [0.15, 0.2) is 0 Å². The van der Waals surface area contributed by atoms with Crippen LogP contribution in [0.25, 0.3) is 0 Å². The van der Waals surface area contributed by atoms with Crippen LogP contribution >= 0.6 is 11.8 Å². The van der Waals surface area contributed by atoms with Crippen LogP contribution in [0.2, 0.25) is 0 Å². The number of thioether (sulfide) groups is 1. The van der Waals surface area contributed by atoms with Gasteiger partial charge in [-0.3, -0.25) is 4.90 Å². The molecule has 0 aromatic carbocycles. The lowest BCUT2D eigenvalue weighted by atomic mass is 9.94. The Morgan fingerprint density at radius 2 is 1.78 bits per heavy atom. The first-order valence-corrected chi connectivity index (χ1v) is 7.55. The minimum atomic E-state index is -0.182. The molecule has 5 heteroatoms. The molecule has 1 heterocycles. The minimum Gasteiger partial charge on any atom is -0.356 e. The van der Waals surface area contributed by atoms with Gasteiger partial charge in [0, 0.05) is 56.3 Å². The molecule has 3 unspecified atom stereocenters. The van der Waals surface area contributed by atoms with Crippen LogP contribution in [0.4, 0.5) is 0 Å². The van der Waals surface area contributed by atoms with Gasteiger partial charge >= 0.3 is 0 Å². The van der Waals surface area contributed by atoms with Crippen molar-refractivity contribution in [1.29, 1.82) is 0 Å². The van der Waals surface area contributed by atoms with Crippen LogP contribution in [0.3, 0.4) is 0 Å². The lowest BCUT2D eigenvalue weighted by molar-refractivity contribution is -0.128. The molecule has 0 aromatic rings. The number of ether oxygens (including phenoxy) is 2. The first kappa shape index (κ1) is 16.2. The Kier molecular flexibility index (Phi) is 6.41. The van der Waals surface area contributed by atoms with Crippen molar-refractivity contribution >= 4 is 11.8 Å². The number of hydrogen-bond donors (Lipinski definition) is 1. The van der Waals surface area contributed by atoms with Crippen molar-refractivity contribution < 1.29 is 9.47 Å². The molecule has 0 saturated carbocycles. The highest BCUT2D eigenvalue weighted by Gasteiger charge is 2.37. The highest BCUT2D eigenvalue weighted by molar-refractivity contribution is 8.00. The predicted molar refractivity (Wildman–Crippen MR) is 78.0 cm³/mol. The van der Waals surface area contributed by atoms with Crippen LogP contribution in [0.1, 0.15) is 27.2 Å². The van der Waals surface area contributed by atoms with Crippen molar-refractivity contribution in [3.63, 3.8) is 0 Å². The molecule has 1 rings (SSSR count). The number of rotatable bonds is 6. The summed E-state index contributed by atoms with van der Waals surface area (Å²) < 4.78 is 10.7. The molecule has 2 N–H and O–H groups in total. The average Bonchev–Trinajstić information content (AvgIpc) is 2.34. The third-order valence-electron chi connectivity index (χ3n) is 3.75. The highest BCUT2D eigenvalue weighted by Crippen LogP contribution is 2.31. The van der Waals surface area contributed by atoms with Crippen LogP contribution in [0.5, 0.6) is 0 Å². The maximum absolute atomic E-state index is 6.03. The first-order valence-electron chi connectivity index (χ1n) is 6.61. The zero-order valence-corrected chi connectivity index (χ0v) is 13.1. The fourth-order valence-electron chi connectivity index (χ4n) is 2.58. The summed E-state index contributed by atoms with van der Waals surface area (Å²) in [5.41, 5.74) is 5.97. The van der Waals surface area contributed by atoms with Gasteiger partial charge < -0.3 is 15.2 Å². The molecule has 18 heavy (non-hydrogen) atoms. The van der Waals surface area contributed by atoms with E-state index in [0.717, 1.165) is 19.5 Å². The monoisotopic (exact) mass is 276 g/mol. The molecular weight excluding hydrogens is 248 g/mol. The number of methoxy groups -OCH3 is 2. The topological polar surface area (TPSA) is 47.7 Å². The van der Waals surface area contributed by atoms with Gasteiger partial charge in [-0.05, 0) is 6.92 Å². The Morgan fingerprint density at radius 1 is 1.28 bits per heavy atom. The van der Waals surface area contributed by atoms with Crippen molar-refractivity contribution in [2.24, 2.45) is 5.73 Å². The van der Waals surface area contributed by atoms with Crippen LogP contribution in [-0.2, 0) is 9.47 Å². The first-order chi connectivity index (χ1) is 8.45. The van der Waals surface area contributed by atoms with E-state index in [0.29, 0.717) is 17.0 Å². The fourth-order valence-corrected chi connectivity index (χ4v) is 3.91. The van der Waals surface area contributed by atoms with Crippen LogP contribution in [-0.4, -0.2) is 61.1 Å². The average molecular weight is 276 g/mol. The van der Waals surface area contributed by atoms with E-state index in [-0.39, 0.29) is 11.8 Å². The van der Waals surface area contributed by atoms with Gasteiger partial charge in [0.25, 0.3) is 0 Å². The van der Waals surface area contributed by atoms with E-state index in [1.165, 1.54) is 0 Å². The Morgan fingerprint density at radius 3 is 2.17 bits per heavy atom. The van der Waals surface area contributed by atoms with E-state index < -0.39 is 0 Å². The number of hydrogen-bond acceptors (Lipinski definition) is 5. The van der Waals surface area contributed by atoms with Crippen molar-refractivity contribution in [3.8, 4) is 0 Å². The van der Waals surface area contributed by atoms with Gasteiger partial charge in [0.1, 0.15) is 0 Å². The summed E-state index contributed by atoms with van der Waals surface area (Å²) >= 11 is 2.06. The number of nitrogens with zero attached hydrogens (tertiary/aromatic N) is 1. The number of nitrogens with two attached hydrogens (primary N) is 1. The standard InChI is InChI=1S/C13H28N2O2S/c1-10-7-15(8-11(2)18-10)13(3,9-14)6-12(16-4)17-5/h10-12H,6-9,14H2,1-5H3. The van der Waals surface area contributed by atoms with Crippen molar-refractivity contribution in [2.75, 3.05) is 33.9 Å². The maximum Gasteiger partial charge on any atom is 0.158 e. The van der Waals surface area contributed by atoms with E-state index >= 15 is 0 Å². The lowest BCUT2D eigenvalue weighted by Gasteiger charge is -2.47. The molecule has 0 amide bonds. The summed E-state index contributed by atoms with van der Waals surface area (Å²) in [5, 5.41) is 1.31. The SMILES string of the molecule is COC(CC(C)(CN)N1CC(C)SC(C)C1)OC. The lowest BCUT2D eigenvalue weighted by Crippen LogP contribution is -2.58. The molecular formula is C13H28N2O2S. The summed E-state index contributed by atoms with van der Waals surface area (Å²) in [5.74, 6) is 0. The van der Waals surface area contributed by atoms with Gasteiger partial charge in [-0.15, -0.1) is 0 Å². The molecule has 0 bridgehead atoms. The van der Waals surface area contributed by atoms with E-state index in [2.05, 4.69) is 37.4 Å². The summed E-state index contributed by atoms with van der Waals surface area (Å²) in [7, 11) is 3.37. The Hall–Kier alpha value is 0.190. The van der Waals surface area contributed by atoms with Gasteiger partial charge in [-0.25, -0.2) is 0 Å². The van der Waals surface area contributed by atoms with Gasteiger partial charge in [0.2, 0.25) is 0 Å². The minimum absolute atomic E-state index is 0.0554. The molecule has 108 valence electrons. The van der Waals surface area contributed by atoms with E-state index in [4.69, 9.17) is 15.2 Å². The summed E-state index contributed by atoms with van der Waals surface area (Å²) in [6.07, 6.45) is 0.624. The normalized spacial score (nSPS) is 29.5. The molecule has 0 spiro atoms. The zero-order valence-electron chi connectivity index (χ0n) is 12.3. The molecule has 1 aliphatic heterocycles. The predicted octanol–water partition coefficient (Wildman–Crippen LogP) is 1.54. The fraction of sp³-hybridized carbons (Fsp3) is 1.00. The Bertz CT molecular complexity index is 241. The van der Waals surface area contributed by atoms with Crippen molar-refractivity contribution in [1.82, 2.24) is 4.90 Å². The second-order valence-corrected chi connectivity index (χ2v) is 7.35. The largest absolute Gasteiger partial charge is 0.356 e. The van der Waals surface area contributed by atoms with Crippen LogP contribution < -0.4 is 5.73 Å². The van der Waals surface area contributed by atoms with Gasteiger partial charge in [0.05, 0.1) is 0 Å². The molecule has 0 aliphatic carbocycles. The molecule has 1 saturated heterocycles. The van der Waals surface area contributed by atoms with Crippen LogP contribution in [0, 0.1) is 0 Å². The van der Waals surface area contributed by atoms with Gasteiger partial charge in [-0.1, -0.05) is 13.8 Å². The smallest absolute Gasteiger partial charge is 0.158 e. The molecule has 0 radical (unpaired) electrons. The van der Waals surface area contributed by atoms with E-state index in [9.17, 15) is 0 Å². The van der Waals surface area contributed by atoms with Crippen molar-refractivity contribution in [3.05, 3.63) is 0 Å². The van der Waals surface area contributed by atoms with E-state index in [1.54, 1.807) is 14.2 Å². The summed E-state index contributed by atoms with van der Waals surface area (Å²) in [4.78, 5) is 2.50. The molecule has 1 fully saturated rings. The Balaban J connectivity index is 2.72. The zero-order chi connectivity index (χ0) is 13.8. The summed E-state index contributed by atoms with van der Waals surface area (Å²) in [6, 6.07) is 0. The molecule has 1 aliphatic rings. The highest BCUT2D eigenvalue weighted by atomic mass is 32.2. The van der Waals surface area contributed by atoms with Gasteiger partial charge in [-0.2, -0.15) is 11.8 Å². The maximum atomic E-state index is 6.03. The molecule has 4 nitrogen and oxygen atoms in total. The summed E-state index contributed by atoms with van der Waals surface area (Å²) in [6.45, 7) is 9.59. The third-order valence-corrected chi connectivity index (χ3v) is 4.98. The van der Waals surface area contributed by atoms with E-state index in [1.807, 2.05) is 0 Å². The quantitative estimate of drug-likeness (QED) is 0.746. The van der Waals surface area contributed by atoms with Gasteiger partial charge in [0.15, 0.2) is 6.29 Å². The second kappa shape index (κ2) is 7.10. The Labute approximate surface area is 116 Å². The second-order valence-electron chi connectivity index (χ2n) is 5.47. The third kappa shape index (κ3) is 4.10. The molecule has 0 aromatic heterocycles. The molecule has 3 atom stereocenters. The van der Waals surface area contributed by atoms with Crippen molar-refractivity contribution in [2.45, 2.75) is 49.5 Å².